The first kappa shape index (κ1) is 24.0. The highest BCUT2D eigenvalue weighted by Gasteiger charge is 2.46. The minimum Gasteiger partial charge on any atom is -0.462 e. The predicted octanol–water partition coefficient (Wildman–Crippen LogP) is 5.06. The van der Waals surface area contributed by atoms with Gasteiger partial charge in [-0.2, -0.15) is 23.3 Å². The number of rotatable bonds is 7. The van der Waals surface area contributed by atoms with Gasteiger partial charge in [-0.15, -0.1) is 0 Å². The maximum atomic E-state index is 13.7. The number of alkyl halides is 3. The van der Waals surface area contributed by atoms with Crippen molar-refractivity contribution >= 4 is 35.0 Å². The summed E-state index contributed by atoms with van der Waals surface area (Å²) in [4.78, 5) is 26.8. The van der Waals surface area contributed by atoms with Gasteiger partial charge in [0.1, 0.15) is 0 Å². The van der Waals surface area contributed by atoms with Gasteiger partial charge in [-0.25, -0.2) is 4.79 Å². The van der Waals surface area contributed by atoms with Gasteiger partial charge in [0, 0.05) is 18.8 Å². The number of benzene rings is 2. The molecule has 0 N–H and O–H groups in total. The number of hydrogen-bond acceptors (Lipinski definition) is 5. The van der Waals surface area contributed by atoms with Gasteiger partial charge in [-0.1, -0.05) is 12.1 Å². The third kappa shape index (κ3) is 5.24. The normalized spacial score (nSPS) is 15.1. The molecule has 9 heteroatoms. The van der Waals surface area contributed by atoms with Gasteiger partial charge in [0.2, 0.25) is 0 Å². The Balaban J connectivity index is 1.93. The van der Waals surface area contributed by atoms with Crippen molar-refractivity contribution < 1.29 is 27.5 Å². The fourth-order valence-electron chi connectivity index (χ4n) is 3.42. The van der Waals surface area contributed by atoms with Gasteiger partial charge in [0.15, 0.2) is 5.71 Å². The number of carbonyl (C=O) groups is 2. The summed E-state index contributed by atoms with van der Waals surface area (Å²) in [5, 5.41) is 4.24. The van der Waals surface area contributed by atoms with Crippen LogP contribution in [-0.2, 0) is 9.53 Å². The second-order valence-corrected chi connectivity index (χ2v) is 7.15. The molecule has 3 rings (SSSR count). The van der Waals surface area contributed by atoms with Gasteiger partial charge in [0.05, 0.1) is 23.4 Å². The van der Waals surface area contributed by atoms with Crippen LogP contribution < -0.4 is 9.91 Å². The van der Waals surface area contributed by atoms with Gasteiger partial charge >= 0.3 is 12.1 Å². The van der Waals surface area contributed by atoms with Crippen molar-refractivity contribution in [2.75, 3.05) is 29.6 Å². The number of ether oxygens (including phenoxy) is 1. The van der Waals surface area contributed by atoms with E-state index >= 15 is 0 Å². The van der Waals surface area contributed by atoms with Gasteiger partial charge in [-0.3, -0.25) is 4.79 Å². The molecule has 0 saturated heterocycles. The molecule has 0 unspecified atom stereocenters. The largest absolute Gasteiger partial charge is 0.462 e. The average molecular weight is 459 g/mol. The lowest BCUT2D eigenvalue weighted by Gasteiger charge is -2.20. The second kappa shape index (κ2) is 9.89. The molecule has 0 atom stereocenters. The molecule has 0 bridgehead atoms. The monoisotopic (exact) mass is 459 g/mol. The van der Waals surface area contributed by atoms with Crippen molar-refractivity contribution in [3.63, 3.8) is 0 Å². The molecule has 0 radical (unpaired) electrons. The second-order valence-electron chi connectivity index (χ2n) is 7.15. The van der Waals surface area contributed by atoms with Crippen LogP contribution >= 0.6 is 0 Å². The zero-order chi connectivity index (χ0) is 24.2. The zero-order valence-electron chi connectivity index (χ0n) is 18.5. The Labute approximate surface area is 189 Å². The van der Waals surface area contributed by atoms with E-state index < -0.39 is 29.3 Å². The molecule has 1 heterocycles. The smallest absolute Gasteiger partial charge is 0.435 e. The van der Waals surface area contributed by atoms with Crippen LogP contribution in [0.1, 0.15) is 36.7 Å². The molecule has 33 heavy (non-hydrogen) atoms. The lowest BCUT2D eigenvalue weighted by molar-refractivity contribution is -0.114. The third-order valence-corrected chi connectivity index (χ3v) is 5.10. The number of nitrogens with zero attached hydrogens (tertiary/aromatic N) is 3. The van der Waals surface area contributed by atoms with Crippen molar-refractivity contribution in [2.45, 2.75) is 26.9 Å². The molecule has 0 aliphatic carbocycles. The van der Waals surface area contributed by atoms with Crippen LogP contribution in [0.3, 0.4) is 0 Å². The molecule has 6 nitrogen and oxygen atoms in total. The fraction of sp³-hybridized carbons (Fsp3) is 0.292. The Morgan fingerprint density at radius 1 is 1.03 bits per heavy atom. The Kier molecular flexibility index (Phi) is 7.20. The minimum absolute atomic E-state index is 0.107. The van der Waals surface area contributed by atoms with Crippen LogP contribution in [0, 0.1) is 0 Å². The highest BCUT2D eigenvalue weighted by atomic mass is 19.4. The molecular weight excluding hydrogens is 435 g/mol. The molecule has 2 aromatic carbocycles. The summed E-state index contributed by atoms with van der Waals surface area (Å²) < 4.78 is 45.9. The van der Waals surface area contributed by atoms with Crippen molar-refractivity contribution in [1.82, 2.24) is 0 Å². The molecule has 0 aromatic heterocycles. The topological polar surface area (TPSA) is 62.2 Å². The molecular formula is C24H24F3N3O3. The lowest BCUT2D eigenvalue weighted by Crippen LogP contribution is -2.25. The van der Waals surface area contributed by atoms with Crippen molar-refractivity contribution in [3.8, 4) is 0 Å². The van der Waals surface area contributed by atoms with E-state index in [2.05, 4.69) is 10.0 Å². The highest BCUT2D eigenvalue weighted by molar-refractivity contribution is 6.34. The van der Waals surface area contributed by atoms with Crippen molar-refractivity contribution in [3.05, 3.63) is 65.2 Å². The van der Waals surface area contributed by atoms with Crippen molar-refractivity contribution in [2.24, 2.45) is 5.10 Å². The van der Waals surface area contributed by atoms with E-state index in [-0.39, 0.29) is 17.9 Å². The molecule has 2 aromatic rings. The minimum atomic E-state index is -4.82. The van der Waals surface area contributed by atoms with E-state index in [1.807, 2.05) is 13.8 Å². The van der Waals surface area contributed by atoms with E-state index in [0.717, 1.165) is 18.8 Å². The van der Waals surface area contributed by atoms with Crippen LogP contribution in [0.25, 0.3) is 6.08 Å². The third-order valence-electron chi connectivity index (χ3n) is 5.10. The fourth-order valence-corrected chi connectivity index (χ4v) is 3.42. The van der Waals surface area contributed by atoms with E-state index in [4.69, 9.17) is 4.74 Å². The summed E-state index contributed by atoms with van der Waals surface area (Å²) in [7, 11) is 0. The summed E-state index contributed by atoms with van der Waals surface area (Å²) in [6.45, 7) is 7.46. The van der Waals surface area contributed by atoms with Crippen LogP contribution in [-0.4, -0.2) is 43.5 Å². The molecule has 0 spiro atoms. The van der Waals surface area contributed by atoms with E-state index in [9.17, 15) is 22.8 Å². The SMILES string of the molecule is CCOC(=O)c1ccc(N2N=C(C(F)(F)F)/C(=C/c3ccc(N(CC)CC)cc3)C2=O)cc1. The maximum absolute atomic E-state index is 13.7. The molecule has 1 amide bonds. The van der Waals surface area contributed by atoms with E-state index in [1.165, 1.54) is 30.3 Å². The van der Waals surface area contributed by atoms with Crippen LogP contribution in [0.5, 0.6) is 0 Å². The highest BCUT2D eigenvalue weighted by Crippen LogP contribution is 2.33. The average Bonchev–Trinajstić information content (AvgIpc) is 3.12. The summed E-state index contributed by atoms with van der Waals surface area (Å²) in [6.07, 6.45) is -3.63. The first-order valence-corrected chi connectivity index (χ1v) is 10.5. The van der Waals surface area contributed by atoms with E-state index in [1.54, 1.807) is 31.2 Å². The number of hydrogen-bond donors (Lipinski definition) is 0. The van der Waals surface area contributed by atoms with Gasteiger partial charge < -0.3 is 9.64 Å². The Morgan fingerprint density at radius 3 is 2.15 bits per heavy atom. The maximum Gasteiger partial charge on any atom is 0.435 e. The Bertz CT molecular complexity index is 1070. The number of amides is 1. The summed E-state index contributed by atoms with van der Waals surface area (Å²) >= 11 is 0. The van der Waals surface area contributed by atoms with Crippen LogP contribution in [0.2, 0.25) is 0 Å². The number of anilines is 2. The lowest BCUT2D eigenvalue weighted by atomic mass is 10.1. The molecule has 174 valence electrons. The van der Waals surface area contributed by atoms with E-state index in [0.29, 0.717) is 10.6 Å². The van der Waals surface area contributed by atoms with Crippen LogP contribution in [0.4, 0.5) is 24.5 Å². The quantitative estimate of drug-likeness (QED) is 0.429. The molecule has 1 aliphatic rings. The van der Waals surface area contributed by atoms with Crippen LogP contribution in [0.15, 0.2) is 59.2 Å². The number of esters is 1. The van der Waals surface area contributed by atoms with Gasteiger partial charge in [0.25, 0.3) is 5.91 Å². The summed E-state index contributed by atoms with van der Waals surface area (Å²) in [5.41, 5.74) is -0.104. The van der Waals surface area contributed by atoms with Crippen molar-refractivity contribution in [1.29, 1.82) is 0 Å². The van der Waals surface area contributed by atoms with Gasteiger partial charge in [-0.05, 0) is 68.8 Å². The molecule has 0 saturated carbocycles. The number of hydrazone groups is 1. The first-order chi connectivity index (χ1) is 15.7. The first-order valence-electron chi connectivity index (χ1n) is 10.5. The Morgan fingerprint density at radius 2 is 1.64 bits per heavy atom. The number of halogens is 3. The Hall–Kier alpha value is -3.62. The standard InChI is InChI=1S/C24H24F3N3O3/c1-4-29(5-2)18-11-7-16(8-12-18)15-20-21(24(25,26)27)28-30(22(20)31)19-13-9-17(10-14-19)23(32)33-6-3/h7-15H,4-6H2,1-3H3/b20-15-. The molecule has 1 aliphatic heterocycles. The number of carbonyl (C=O) groups excluding carboxylic acids is 2. The summed E-state index contributed by atoms with van der Waals surface area (Å²) in [6, 6.07) is 12.4. The predicted molar refractivity (Wildman–Crippen MR) is 121 cm³/mol. The zero-order valence-corrected chi connectivity index (χ0v) is 18.5. The summed E-state index contributed by atoms with van der Waals surface area (Å²) in [5.74, 6) is -1.47. The molecule has 0 fully saturated rings.